The molecule has 17 nitrogen and oxygen atoms in total. The van der Waals surface area contributed by atoms with E-state index in [1.54, 1.807) is 30.8 Å². The Morgan fingerprint density at radius 2 is 1.69 bits per heavy atom. The van der Waals surface area contributed by atoms with E-state index in [9.17, 15) is 24.0 Å². The van der Waals surface area contributed by atoms with E-state index in [1.807, 2.05) is 22.7 Å². The maximum atomic E-state index is 13.5. The van der Waals surface area contributed by atoms with Crippen molar-refractivity contribution in [1.82, 2.24) is 40.0 Å². The summed E-state index contributed by atoms with van der Waals surface area (Å²) in [7, 11) is 0. The molecule has 0 bridgehead atoms. The predicted molar refractivity (Wildman–Crippen MR) is 228 cm³/mol. The van der Waals surface area contributed by atoms with Gasteiger partial charge in [-0.1, -0.05) is 49.9 Å². The van der Waals surface area contributed by atoms with Gasteiger partial charge in [-0.05, 0) is 67.3 Å². The van der Waals surface area contributed by atoms with Crippen LogP contribution in [0.1, 0.15) is 73.0 Å². The Hall–Kier alpha value is -6.62. The van der Waals surface area contributed by atoms with Crippen LogP contribution in [0.4, 0.5) is 17.3 Å². The van der Waals surface area contributed by atoms with Crippen molar-refractivity contribution in [1.29, 1.82) is 0 Å². The number of aromatic nitrogens is 4. The zero-order valence-electron chi connectivity index (χ0n) is 34.1. The molecule has 0 aliphatic carbocycles. The molecule has 6 heterocycles. The number of unbranched alkanes of at least 4 members (excludes halogenated alkanes) is 5. The Kier molecular flexibility index (Phi) is 12.9. The normalized spacial score (nSPS) is 17.1. The lowest BCUT2D eigenvalue weighted by atomic mass is 9.93. The quantitative estimate of drug-likeness (QED) is 0.0731. The number of hydrogen-bond donors (Lipinski definition) is 4. The molecule has 1 unspecified atom stereocenters. The highest BCUT2D eigenvalue weighted by atomic mass is 16.3. The molecule has 1 atom stereocenters. The van der Waals surface area contributed by atoms with Gasteiger partial charge in [-0.2, -0.15) is 0 Å². The molecule has 4 N–H and O–H groups in total. The summed E-state index contributed by atoms with van der Waals surface area (Å²) in [4.78, 5) is 73.7. The minimum absolute atomic E-state index is 0.0372. The van der Waals surface area contributed by atoms with Crippen LogP contribution in [0.2, 0.25) is 0 Å². The standard InChI is InChI=1S/C44H51N11O6/c56-37-17-16-36(42(59)50-37)55-39(58)25-31-9-7-11-35(40(31)43(55)60)46-28-38(57)45-18-5-3-1-2-4-6-19-52-20-22-53(23-21-52)32-14-12-30(13-15-32)34-27-48-44(54-29-49-51-41(34)54)47-26-33-10-8-24-61-33/h7-15,24,27,29,36,46H,1-6,16-23,25-26,28H2,(H,45,57)(H,47,48)(H,50,56,59). The molecule has 0 saturated carbocycles. The summed E-state index contributed by atoms with van der Waals surface area (Å²) in [5, 5.41) is 20.0. The number of rotatable bonds is 18. The summed E-state index contributed by atoms with van der Waals surface area (Å²) in [6, 6.07) is 16.5. The molecule has 3 aliphatic heterocycles. The maximum absolute atomic E-state index is 13.5. The first-order valence-electron chi connectivity index (χ1n) is 21.2. The van der Waals surface area contributed by atoms with Crippen LogP contribution >= 0.6 is 0 Å². The Morgan fingerprint density at radius 3 is 2.48 bits per heavy atom. The topological polar surface area (TPSA) is 199 Å². The molecule has 61 heavy (non-hydrogen) atoms. The van der Waals surface area contributed by atoms with Gasteiger partial charge in [0.2, 0.25) is 29.6 Å². The third-order valence-electron chi connectivity index (χ3n) is 11.6. The van der Waals surface area contributed by atoms with Crippen molar-refractivity contribution in [2.24, 2.45) is 0 Å². The van der Waals surface area contributed by atoms with E-state index < -0.39 is 29.7 Å². The highest BCUT2D eigenvalue weighted by Gasteiger charge is 2.42. The van der Waals surface area contributed by atoms with E-state index in [4.69, 9.17) is 4.42 Å². The molecular weight excluding hydrogens is 779 g/mol. The van der Waals surface area contributed by atoms with Crippen molar-refractivity contribution in [3.63, 3.8) is 0 Å². The number of imide groups is 2. The first-order valence-corrected chi connectivity index (χ1v) is 21.2. The van der Waals surface area contributed by atoms with E-state index in [1.165, 1.54) is 18.5 Å². The van der Waals surface area contributed by atoms with Crippen molar-refractivity contribution in [3.05, 3.63) is 90.3 Å². The summed E-state index contributed by atoms with van der Waals surface area (Å²) in [6.45, 7) is 6.20. The Bertz CT molecular complexity index is 2350. The molecule has 318 valence electrons. The van der Waals surface area contributed by atoms with Crippen molar-refractivity contribution < 1.29 is 28.4 Å². The highest BCUT2D eigenvalue weighted by Crippen LogP contribution is 2.31. The van der Waals surface area contributed by atoms with E-state index in [-0.39, 0.29) is 37.3 Å². The number of benzene rings is 2. The average Bonchev–Trinajstić information content (AvgIpc) is 3.99. The van der Waals surface area contributed by atoms with Gasteiger partial charge < -0.3 is 25.3 Å². The van der Waals surface area contributed by atoms with E-state index in [0.29, 0.717) is 30.3 Å². The van der Waals surface area contributed by atoms with Crippen molar-refractivity contribution in [2.45, 2.75) is 70.4 Å². The number of piperazine rings is 1. The zero-order chi connectivity index (χ0) is 42.1. The average molecular weight is 830 g/mol. The second-order valence-electron chi connectivity index (χ2n) is 15.7. The lowest BCUT2D eigenvalue weighted by Crippen LogP contribution is -2.58. The summed E-state index contributed by atoms with van der Waals surface area (Å²) in [5.41, 5.74) is 5.14. The Labute approximate surface area is 353 Å². The molecule has 17 heteroatoms. The molecular formula is C44H51N11O6. The summed E-state index contributed by atoms with van der Waals surface area (Å²) >= 11 is 0. The van der Waals surface area contributed by atoms with Crippen LogP contribution < -0.4 is 26.2 Å². The predicted octanol–water partition coefficient (Wildman–Crippen LogP) is 4.02. The first-order chi connectivity index (χ1) is 29.8. The SMILES string of the molecule is O=C(CNc1cccc2c1C(=O)N(C1CCC(=O)NC1=O)C(=O)C2)NCCCCCCCCN1CCN(c2ccc(-c3cnc(NCc4ccco4)n4cnnc34)cc2)CC1. The molecule has 0 radical (unpaired) electrons. The number of anilines is 3. The smallest absolute Gasteiger partial charge is 0.263 e. The molecule has 0 spiro atoms. The van der Waals surface area contributed by atoms with E-state index in [2.05, 4.69) is 70.5 Å². The van der Waals surface area contributed by atoms with Crippen LogP contribution in [0, 0.1) is 0 Å². The molecule has 8 rings (SSSR count). The number of furan rings is 1. The van der Waals surface area contributed by atoms with Crippen molar-refractivity contribution in [3.8, 4) is 11.1 Å². The summed E-state index contributed by atoms with van der Waals surface area (Å²) < 4.78 is 7.28. The number of carbonyl (C=O) groups is 5. The number of hydrogen-bond acceptors (Lipinski definition) is 13. The molecule has 3 aliphatic rings. The zero-order valence-corrected chi connectivity index (χ0v) is 34.1. The van der Waals surface area contributed by atoms with Gasteiger partial charge in [-0.15, -0.1) is 10.2 Å². The van der Waals surface area contributed by atoms with Gasteiger partial charge in [-0.3, -0.25) is 43.5 Å². The fourth-order valence-electron chi connectivity index (χ4n) is 8.32. The number of piperidine rings is 1. The number of nitrogens with one attached hydrogen (secondary N) is 4. The fraction of sp³-hybridized carbons (Fsp3) is 0.409. The third-order valence-corrected chi connectivity index (χ3v) is 11.6. The lowest BCUT2D eigenvalue weighted by Gasteiger charge is -2.36. The highest BCUT2D eigenvalue weighted by molar-refractivity contribution is 6.16. The van der Waals surface area contributed by atoms with Gasteiger partial charge in [0.05, 0.1) is 31.3 Å². The molecule has 5 aromatic rings. The first kappa shape index (κ1) is 41.1. The maximum Gasteiger partial charge on any atom is 0.263 e. The third kappa shape index (κ3) is 9.72. The van der Waals surface area contributed by atoms with Gasteiger partial charge in [0.15, 0.2) is 5.65 Å². The second kappa shape index (κ2) is 19.2. The number of fused-ring (bicyclic) bond motifs is 2. The molecule has 2 aromatic carbocycles. The van der Waals surface area contributed by atoms with E-state index in [0.717, 1.165) is 85.8 Å². The second-order valence-corrected chi connectivity index (χ2v) is 15.7. The van der Waals surface area contributed by atoms with Crippen LogP contribution in [0.3, 0.4) is 0 Å². The lowest BCUT2D eigenvalue weighted by molar-refractivity contribution is -0.143. The van der Waals surface area contributed by atoms with Gasteiger partial charge in [0, 0.05) is 62.3 Å². The van der Waals surface area contributed by atoms with Crippen LogP contribution in [0.25, 0.3) is 16.8 Å². The summed E-state index contributed by atoms with van der Waals surface area (Å²) in [5.74, 6) is -0.892. The van der Waals surface area contributed by atoms with Crippen LogP contribution in [0.5, 0.6) is 0 Å². The number of amides is 5. The van der Waals surface area contributed by atoms with Gasteiger partial charge in [0.1, 0.15) is 18.1 Å². The minimum atomic E-state index is -1.04. The Morgan fingerprint density at radius 1 is 0.885 bits per heavy atom. The molecule has 2 saturated heterocycles. The van der Waals surface area contributed by atoms with Gasteiger partial charge >= 0.3 is 0 Å². The number of nitrogens with zero attached hydrogens (tertiary/aromatic N) is 7. The van der Waals surface area contributed by atoms with Gasteiger partial charge in [0.25, 0.3) is 5.91 Å². The molecule has 2 fully saturated rings. The van der Waals surface area contributed by atoms with Gasteiger partial charge in [-0.25, -0.2) is 4.98 Å². The minimum Gasteiger partial charge on any atom is -0.467 e. The van der Waals surface area contributed by atoms with Crippen LogP contribution in [0.15, 0.2) is 77.8 Å². The largest absolute Gasteiger partial charge is 0.467 e. The van der Waals surface area contributed by atoms with Crippen molar-refractivity contribution in [2.75, 3.05) is 61.3 Å². The Balaban J connectivity index is 0.688. The molecule has 5 amide bonds. The van der Waals surface area contributed by atoms with Crippen molar-refractivity contribution >= 4 is 52.5 Å². The summed E-state index contributed by atoms with van der Waals surface area (Å²) in [6.07, 6.45) is 11.8. The van der Waals surface area contributed by atoms with E-state index >= 15 is 0 Å². The molecule has 3 aromatic heterocycles. The van der Waals surface area contributed by atoms with Crippen LogP contribution in [-0.2, 0) is 32.1 Å². The fourth-order valence-corrected chi connectivity index (χ4v) is 8.32. The monoisotopic (exact) mass is 829 g/mol. The van der Waals surface area contributed by atoms with Crippen LogP contribution in [-0.4, -0.2) is 111 Å². The number of carbonyl (C=O) groups excluding carboxylic acids is 5.